The first-order chi connectivity index (χ1) is 6.36. The first-order valence-corrected chi connectivity index (χ1v) is 4.50. The Kier molecular flexibility index (Phi) is 1.93. The second kappa shape index (κ2) is 3.09. The van der Waals surface area contributed by atoms with Crippen molar-refractivity contribution < 1.29 is 0 Å². The fourth-order valence-corrected chi connectivity index (χ4v) is 1.56. The molecular formula is C10H13N3. The van der Waals surface area contributed by atoms with Gasteiger partial charge in [-0.05, 0) is 12.1 Å². The minimum atomic E-state index is 0.951. The molecule has 0 aliphatic rings. The van der Waals surface area contributed by atoms with Gasteiger partial charge in [-0.3, -0.25) is 4.40 Å². The van der Waals surface area contributed by atoms with Crippen molar-refractivity contribution in [1.82, 2.24) is 9.38 Å². The Morgan fingerprint density at radius 2 is 2.31 bits per heavy atom. The molecule has 0 amide bonds. The molecule has 2 aromatic rings. The zero-order valence-electron chi connectivity index (χ0n) is 7.91. The topological polar surface area (TPSA) is 29.3 Å². The number of aryl methyl sites for hydroxylation is 1. The average molecular weight is 175 g/mol. The molecule has 1 N–H and O–H groups in total. The van der Waals surface area contributed by atoms with Gasteiger partial charge in [0.25, 0.3) is 0 Å². The van der Waals surface area contributed by atoms with Crippen molar-refractivity contribution >= 4 is 11.3 Å². The third-order valence-corrected chi connectivity index (χ3v) is 2.20. The molecule has 0 aliphatic heterocycles. The monoisotopic (exact) mass is 175 g/mol. The van der Waals surface area contributed by atoms with Crippen LogP contribution in [0.5, 0.6) is 0 Å². The molecule has 13 heavy (non-hydrogen) atoms. The lowest BCUT2D eigenvalue weighted by Crippen LogP contribution is -2.00. The Labute approximate surface area is 77.4 Å². The molecule has 2 heterocycles. The number of hydrogen-bond acceptors (Lipinski definition) is 2. The van der Waals surface area contributed by atoms with Crippen molar-refractivity contribution in [3.05, 3.63) is 30.2 Å². The van der Waals surface area contributed by atoms with E-state index in [1.165, 1.54) is 0 Å². The largest absolute Gasteiger partial charge is 0.374 e. The van der Waals surface area contributed by atoms with E-state index in [0.29, 0.717) is 0 Å². The fourth-order valence-electron chi connectivity index (χ4n) is 1.56. The molecule has 0 saturated carbocycles. The van der Waals surface area contributed by atoms with Gasteiger partial charge in [-0.1, -0.05) is 13.0 Å². The van der Waals surface area contributed by atoms with Crippen LogP contribution in [0.1, 0.15) is 12.7 Å². The Morgan fingerprint density at radius 1 is 1.46 bits per heavy atom. The standard InChI is InChI=1S/C10H13N3/c1-3-9-12-7-8-5-4-6-10(11-2)13(8)9/h4-7,11H,3H2,1-2H3. The van der Waals surface area contributed by atoms with Gasteiger partial charge < -0.3 is 5.32 Å². The maximum absolute atomic E-state index is 4.35. The van der Waals surface area contributed by atoms with Crippen LogP contribution in [0.3, 0.4) is 0 Å². The van der Waals surface area contributed by atoms with Crippen molar-refractivity contribution in [3.8, 4) is 0 Å². The molecule has 3 heteroatoms. The maximum atomic E-state index is 4.35. The van der Waals surface area contributed by atoms with E-state index in [9.17, 15) is 0 Å². The number of nitrogens with one attached hydrogen (secondary N) is 1. The van der Waals surface area contributed by atoms with E-state index < -0.39 is 0 Å². The summed E-state index contributed by atoms with van der Waals surface area (Å²) in [6.45, 7) is 2.11. The van der Waals surface area contributed by atoms with Crippen molar-refractivity contribution in [2.24, 2.45) is 0 Å². The summed E-state index contributed by atoms with van der Waals surface area (Å²) in [6.07, 6.45) is 2.85. The van der Waals surface area contributed by atoms with Gasteiger partial charge in [0.1, 0.15) is 11.6 Å². The molecular weight excluding hydrogens is 162 g/mol. The normalized spacial score (nSPS) is 10.6. The zero-order valence-corrected chi connectivity index (χ0v) is 7.91. The summed E-state index contributed by atoms with van der Waals surface area (Å²) in [6, 6.07) is 6.14. The third-order valence-electron chi connectivity index (χ3n) is 2.20. The van der Waals surface area contributed by atoms with Gasteiger partial charge in [0, 0.05) is 13.5 Å². The lowest BCUT2D eigenvalue weighted by molar-refractivity contribution is 0.936. The number of anilines is 1. The number of pyridine rings is 1. The fraction of sp³-hybridized carbons (Fsp3) is 0.300. The number of fused-ring (bicyclic) bond motifs is 1. The number of imidazole rings is 1. The number of rotatable bonds is 2. The first kappa shape index (κ1) is 8.10. The van der Waals surface area contributed by atoms with Gasteiger partial charge in [-0.25, -0.2) is 4.98 Å². The molecule has 0 unspecified atom stereocenters. The van der Waals surface area contributed by atoms with Crippen molar-refractivity contribution in [3.63, 3.8) is 0 Å². The lowest BCUT2D eigenvalue weighted by atomic mass is 10.4. The van der Waals surface area contributed by atoms with E-state index in [1.807, 2.05) is 25.4 Å². The van der Waals surface area contributed by atoms with Crippen LogP contribution in [0.25, 0.3) is 5.52 Å². The summed E-state index contributed by atoms with van der Waals surface area (Å²) in [5.74, 6) is 2.19. The predicted octanol–water partition coefficient (Wildman–Crippen LogP) is 1.94. The van der Waals surface area contributed by atoms with Crippen molar-refractivity contribution in [2.45, 2.75) is 13.3 Å². The number of aromatic nitrogens is 2. The lowest BCUT2D eigenvalue weighted by Gasteiger charge is -2.06. The second-order valence-corrected chi connectivity index (χ2v) is 2.95. The number of nitrogens with zero attached hydrogens (tertiary/aromatic N) is 2. The highest BCUT2D eigenvalue weighted by molar-refractivity contribution is 5.54. The average Bonchev–Trinajstić information content (AvgIpc) is 2.60. The summed E-state index contributed by atoms with van der Waals surface area (Å²) in [4.78, 5) is 4.35. The van der Waals surface area contributed by atoms with E-state index in [0.717, 1.165) is 23.6 Å². The zero-order chi connectivity index (χ0) is 9.26. The number of hydrogen-bond donors (Lipinski definition) is 1. The molecule has 0 aromatic carbocycles. The molecule has 0 fully saturated rings. The van der Waals surface area contributed by atoms with Crippen LogP contribution >= 0.6 is 0 Å². The van der Waals surface area contributed by atoms with Crippen LogP contribution in [-0.2, 0) is 6.42 Å². The smallest absolute Gasteiger partial charge is 0.114 e. The highest BCUT2D eigenvalue weighted by Crippen LogP contribution is 2.14. The van der Waals surface area contributed by atoms with E-state index in [2.05, 4.69) is 27.7 Å². The van der Waals surface area contributed by atoms with Crippen LogP contribution in [0.4, 0.5) is 5.82 Å². The maximum Gasteiger partial charge on any atom is 0.114 e. The minimum absolute atomic E-state index is 0.951. The first-order valence-electron chi connectivity index (χ1n) is 4.50. The van der Waals surface area contributed by atoms with Crippen LogP contribution in [0.15, 0.2) is 24.4 Å². The Bertz CT molecular complexity index is 417. The van der Waals surface area contributed by atoms with Crippen LogP contribution < -0.4 is 5.32 Å². The quantitative estimate of drug-likeness (QED) is 0.755. The van der Waals surface area contributed by atoms with Crippen molar-refractivity contribution in [2.75, 3.05) is 12.4 Å². The SMILES string of the molecule is CCc1ncc2cccc(NC)n12. The molecule has 0 aliphatic carbocycles. The van der Waals surface area contributed by atoms with Gasteiger partial charge in [-0.2, -0.15) is 0 Å². The Balaban J connectivity index is 2.76. The molecule has 0 atom stereocenters. The third kappa shape index (κ3) is 1.16. The molecule has 0 bridgehead atoms. The minimum Gasteiger partial charge on any atom is -0.374 e. The summed E-state index contributed by atoms with van der Waals surface area (Å²) >= 11 is 0. The molecule has 2 rings (SSSR count). The van der Waals surface area contributed by atoms with Gasteiger partial charge in [0.05, 0.1) is 11.7 Å². The van der Waals surface area contributed by atoms with Gasteiger partial charge in [0.2, 0.25) is 0 Å². The summed E-state index contributed by atoms with van der Waals surface area (Å²) in [7, 11) is 1.92. The van der Waals surface area contributed by atoms with E-state index in [4.69, 9.17) is 0 Å². The summed E-state index contributed by atoms with van der Waals surface area (Å²) < 4.78 is 2.14. The predicted molar refractivity (Wildman–Crippen MR) is 54.1 cm³/mol. The van der Waals surface area contributed by atoms with E-state index in [-0.39, 0.29) is 0 Å². The Hall–Kier alpha value is -1.51. The van der Waals surface area contributed by atoms with Crippen molar-refractivity contribution in [1.29, 1.82) is 0 Å². The van der Waals surface area contributed by atoms with Crippen LogP contribution in [0, 0.1) is 0 Å². The Morgan fingerprint density at radius 3 is 3.00 bits per heavy atom. The summed E-state index contributed by atoms with van der Waals surface area (Å²) in [5, 5.41) is 3.15. The highest BCUT2D eigenvalue weighted by atomic mass is 15.1. The molecule has 2 aromatic heterocycles. The molecule has 0 spiro atoms. The molecule has 68 valence electrons. The van der Waals surface area contributed by atoms with Gasteiger partial charge >= 0.3 is 0 Å². The molecule has 0 radical (unpaired) electrons. The molecule has 0 saturated heterocycles. The molecule has 3 nitrogen and oxygen atoms in total. The van der Waals surface area contributed by atoms with E-state index in [1.54, 1.807) is 0 Å². The van der Waals surface area contributed by atoms with Gasteiger partial charge in [-0.15, -0.1) is 0 Å². The van der Waals surface area contributed by atoms with E-state index >= 15 is 0 Å². The highest BCUT2D eigenvalue weighted by Gasteiger charge is 2.03. The summed E-state index contributed by atoms with van der Waals surface area (Å²) in [5.41, 5.74) is 1.14. The second-order valence-electron chi connectivity index (χ2n) is 2.95. The van der Waals surface area contributed by atoms with Crippen LogP contribution in [0.2, 0.25) is 0 Å². The van der Waals surface area contributed by atoms with Gasteiger partial charge in [0.15, 0.2) is 0 Å². The van der Waals surface area contributed by atoms with Crippen LogP contribution in [-0.4, -0.2) is 16.4 Å².